The van der Waals surface area contributed by atoms with Crippen molar-refractivity contribution in [2.45, 2.75) is 79.1 Å². The Bertz CT molecular complexity index is 2420. The van der Waals surface area contributed by atoms with Gasteiger partial charge in [-0.15, -0.1) is 0 Å². The molecule has 1 aliphatic rings. The predicted molar refractivity (Wildman–Crippen MR) is 223 cm³/mol. The lowest BCUT2D eigenvalue weighted by atomic mass is 9.98. The number of nitrogens with one attached hydrogen (secondary N) is 3. The van der Waals surface area contributed by atoms with Crippen LogP contribution < -0.4 is 5.32 Å². The summed E-state index contributed by atoms with van der Waals surface area (Å²) >= 11 is 0. The maximum absolute atomic E-state index is 13.7. The van der Waals surface area contributed by atoms with E-state index in [-0.39, 0.29) is 36.9 Å². The number of nitrogens with zero attached hydrogens (tertiary/aromatic N) is 5. The molecule has 0 radical (unpaired) electrons. The molecule has 14 nitrogen and oxygen atoms in total. The first-order valence-electron chi connectivity index (χ1n) is 19.5. The lowest BCUT2D eigenvalue weighted by molar-refractivity contribution is -0.137. The smallest absolute Gasteiger partial charge is 0.415 e. The Morgan fingerprint density at radius 2 is 1.54 bits per heavy atom. The average Bonchev–Trinajstić information content (AvgIpc) is 3.95. The minimum absolute atomic E-state index is 0.144. The highest BCUT2D eigenvalue weighted by atomic mass is 16.6. The highest BCUT2D eigenvalue weighted by Crippen LogP contribution is 2.36. The fourth-order valence-corrected chi connectivity index (χ4v) is 7.10. The summed E-state index contributed by atoms with van der Waals surface area (Å²) in [7, 11) is 0. The molecule has 6 rings (SSSR count). The number of hydrogen-bond acceptors (Lipinski definition) is 9. The Morgan fingerprint density at radius 3 is 2.17 bits per heavy atom. The first-order valence-corrected chi connectivity index (χ1v) is 19.5. The largest absolute Gasteiger partial charge is 0.444 e. The average molecular weight is 799 g/mol. The topological polar surface area (TPSA) is 186 Å². The van der Waals surface area contributed by atoms with Gasteiger partial charge in [-0.25, -0.2) is 19.6 Å². The van der Waals surface area contributed by atoms with Gasteiger partial charge < -0.3 is 29.7 Å². The van der Waals surface area contributed by atoms with Crippen molar-refractivity contribution in [2.24, 2.45) is 11.8 Å². The second-order valence-corrected chi connectivity index (χ2v) is 16.4. The van der Waals surface area contributed by atoms with Gasteiger partial charge in [0.2, 0.25) is 5.91 Å². The van der Waals surface area contributed by atoms with E-state index in [0.717, 1.165) is 56.9 Å². The van der Waals surface area contributed by atoms with E-state index in [9.17, 15) is 24.4 Å². The fourth-order valence-electron chi connectivity index (χ4n) is 7.10. The van der Waals surface area contributed by atoms with Gasteiger partial charge in [-0.1, -0.05) is 74.5 Å². The Kier molecular flexibility index (Phi) is 12.3. The second kappa shape index (κ2) is 17.4. The third kappa shape index (κ3) is 10.2. The third-order valence-corrected chi connectivity index (χ3v) is 9.89. The van der Waals surface area contributed by atoms with Crippen LogP contribution in [0.2, 0.25) is 0 Å². The molecule has 14 heteroatoms. The zero-order valence-electron chi connectivity index (χ0n) is 34.5. The third-order valence-electron chi connectivity index (χ3n) is 9.89. The van der Waals surface area contributed by atoms with Gasteiger partial charge in [-0.3, -0.25) is 14.5 Å². The van der Waals surface area contributed by atoms with Crippen LogP contribution in [0.15, 0.2) is 85.2 Å². The number of alkyl carbamates (subject to hydrolysis) is 1. The van der Waals surface area contributed by atoms with Gasteiger partial charge in [0.05, 0.1) is 48.4 Å². The monoisotopic (exact) mass is 798 g/mol. The van der Waals surface area contributed by atoms with Crippen LogP contribution in [0.1, 0.15) is 72.6 Å². The molecule has 1 fully saturated rings. The number of imidazole rings is 2. The highest BCUT2D eigenvalue weighted by Gasteiger charge is 2.40. The molecule has 3 N–H and O–H groups in total. The van der Waals surface area contributed by atoms with E-state index in [1.165, 1.54) is 0 Å². The van der Waals surface area contributed by atoms with Gasteiger partial charge >= 0.3 is 18.2 Å². The van der Waals surface area contributed by atoms with Gasteiger partial charge in [0.15, 0.2) is 0 Å². The number of carbonyl (C=O) groups is 4. The minimum atomic E-state index is -0.978. The number of rotatable bonds is 11. The van der Waals surface area contributed by atoms with Gasteiger partial charge in [0, 0.05) is 25.6 Å². The molecule has 0 saturated carbocycles. The molecule has 3 amide bonds. The van der Waals surface area contributed by atoms with E-state index in [2.05, 4.69) is 85.1 Å². The van der Waals surface area contributed by atoms with Crippen LogP contribution in [0, 0.1) is 23.2 Å². The standard InChI is InChI=1S/C45H50N8O6/c1-26(2)23-52(42(55)40(27(3)4)51-43(56)58-28(5)54)25-39-47-21-37(49-39)35-16-15-33-18-32(13-14-34(33)19-35)30-9-11-31(12-10-30)36-22-48-41(50-36)38-17-29(20-46)24-53(38)44(57)59-45(6,7)8/h9-16,18-19,21-22,27,29,38,40H,1,17,23-25H2,2-8H3,(H,47,49)(H,48,50)(H,51,56)/t29-,38+,40+/m1/s1. The molecule has 1 aliphatic heterocycles. The summed E-state index contributed by atoms with van der Waals surface area (Å²) in [4.78, 5) is 69.2. The Morgan fingerprint density at radius 1 is 0.932 bits per heavy atom. The van der Waals surface area contributed by atoms with E-state index in [0.29, 0.717) is 24.6 Å². The Balaban J connectivity index is 1.14. The summed E-state index contributed by atoms with van der Waals surface area (Å²) in [5, 5.41) is 14.2. The zero-order chi connectivity index (χ0) is 42.6. The maximum Gasteiger partial charge on any atom is 0.415 e. The number of esters is 1. The quantitative estimate of drug-likeness (QED) is 0.0671. The van der Waals surface area contributed by atoms with Crippen LogP contribution in [0.4, 0.5) is 9.59 Å². The number of carbonyl (C=O) groups excluding carboxylic acids is 4. The number of likely N-dealkylation sites (tertiary alicyclic amines) is 1. The normalized spacial score (nSPS) is 15.7. The summed E-state index contributed by atoms with van der Waals surface area (Å²) in [6.45, 7) is 16.6. The van der Waals surface area contributed by atoms with Crippen molar-refractivity contribution in [1.29, 1.82) is 5.26 Å². The molecule has 59 heavy (non-hydrogen) atoms. The molecule has 3 atom stereocenters. The fraction of sp³-hybridized carbons (Fsp3) is 0.356. The van der Waals surface area contributed by atoms with E-state index < -0.39 is 29.8 Å². The molecule has 0 spiro atoms. The van der Waals surface area contributed by atoms with Crippen LogP contribution in [0.3, 0.4) is 0 Å². The second-order valence-electron chi connectivity index (χ2n) is 16.4. The molecule has 3 heterocycles. The molecule has 2 aromatic heterocycles. The number of fused-ring (bicyclic) bond motifs is 1. The van der Waals surface area contributed by atoms with Crippen molar-refractivity contribution >= 4 is 34.8 Å². The van der Waals surface area contributed by atoms with Crippen molar-refractivity contribution in [3.63, 3.8) is 0 Å². The number of nitriles is 1. The van der Waals surface area contributed by atoms with Gasteiger partial charge in [0.1, 0.15) is 23.3 Å². The molecule has 3 aromatic carbocycles. The zero-order valence-corrected chi connectivity index (χ0v) is 34.5. The predicted octanol–water partition coefficient (Wildman–Crippen LogP) is 8.31. The molecule has 306 valence electrons. The first-order chi connectivity index (χ1) is 28.0. The summed E-state index contributed by atoms with van der Waals surface area (Å²) < 4.78 is 10.2. The number of H-pyrrole nitrogens is 2. The molecule has 0 bridgehead atoms. The van der Waals surface area contributed by atoms with Crippen LogP contribution in [-0.2, 0) is 25.6 Å². The minimum Gasteiger partial charge on any atom is -0.444 e. The maximum atomic E-state index is 13.7. The van der Waals surface area contributed by atoms with Crippen molar-refractivity contribution in [3.8, 4) is 39.7 Å². The van der Waals surface area contributed by atoms with Crippen molar-refractivity contribution in [1.82, 2.24) is 35.1 Å². The summed E-state index contributed by atoms with van der Waals surface area (Å²) in [6.07, 6.45) is 2.53. The number of ether oxygens (including phenoxy) is 2. The van der Waals surface area contributed by atoms with E-state index in [4.69, 9.17) is 4.74 Å². The van der Waals surface area contributed by atoms with Crippen LogP contribution in [0.5, 0.6) is 0 Å². The highest BCUT2D eigenvalue weighted by molar-refractivity contribution is 5.91. The lowest BCUT2D eigenvalue weighted by Gasteiger charge is -2.29. The molecular formula is C45H50N8O6. The van der Waals surface area contributed by atoms with Crippen LogP contribution in [0.25, 0.3) is 44.4 Å². The van der Waals surface area contributed by atoms with Crippen LogP contribution >= 0.6 is 0 Å². The SMILES string of the molecule is C=C(C)CN(Cc1ncc(-c2ccc3cc(-c4ccc(-c5cnc([C@@H]6C[C@H](C#N)CN6C(=O)OC(C)(C)C)[nH]5)cc4)ccc3c2)[nH]1)C(=O)[C@@H](NC(=O)OC(C)=O)C(C)C. The van der Waals surface area contributed by atoms with Gasteiger partial charge in [0.25, 0.3) is 0 Å². The molecular weight excluding hydrogens is 749 g/mol. The number of benzene rings is 3. The summed E-state index contributed by atoms with van der Waals surface area (Å²) in [5.74, 6) is -0.524. The summed E-state index contributed by atoms with van der Waals surface area (Å²) in [6, 6.07) is 21.6. The number of hydrogen-bond donors (Lipinski definition) is 3. The van der Waals surface area contributed by atoms with Crippen LogP contribution in [-0.4, -0.2) is 78.5 Å². The molecule has 5 aromatic rings. The Labute approximate surface area is 343 Å². The van der Waals surface area contributed by atoms with E-state index >= 15 is 0 Å². The number of aromatic amines is 2. The van der Waals surface area contributed by atoms with E-state index in [1.54, 1.807) is 36.0 Å². The first kappa shape index (κ1) is 41.9. The van der Waals surface area contributed by atoms with Gasteiger partial charge in [-0.05, 0) is 79.6 Å². The number of amides is 3. The molecule has 0 aliphatic carbocycles. The molecule has 1 saturated heterocycles. The van der Waals surface area contributed by atoms with Crippen molar-refractivity contribution in [3.05, 3.63) is 96.9 Å². The summed E-state index contributed by atoms with van der Waals surface area (Å²) in [5.41, 5.74) is 5.65. The van der Waals surface area contributed by atoms with E-state index in [1.807, 2.05) is 45.9 Å². The van der Waals surface area contributed by atoms with Gasteiger partial charge in [-0.2, -0.15) is 5.26 Å². The van der Waals surface area contributed by atoms with Crippen molar-refractivity contribution < 1.29 is 28.7 Å². The Hall–Kier alpha value is -6.75. The lowest BCUT2D eigenvalue weighted by Crippen LogP contribution is -2.51. The van der Waals surface area contributed by atoms with Crippen molar-refractivity contribution in [2.75, 3.05) is 13.1 Å². The number of aromatic nitrogens is 4. The molecule has 0 unspecified atom stereocenters.